The van der Waals surface area contributed by atoms with Crippen molar-refractivity contribution >= 4 is 40.8 Å². The lowest BCUT2D eigenvalue weighted by molar-refractivity contribution is -0.133. The van der Waals surface area contributed by atoms with Crippen LogP contribution in [0.15, 0.2) is 23.3 Å². The molecule has 8 heteroatoms. The van der Waals surface area contributed by atoms with E-state index in [0.717, 1.165) is 22.6 Å². The third-order valence-electron chi connectivity index (χ3n) is 2.93. The van der Waals surface area contributed by atoms with Gasteiger partial charge in [-0.25, -0.2) is 0 Å². The van der Waals surface area contributed by atoms with Crippen molar-refractivity contribution in [2.75, 3.05) is 12.9 Å². The summed E-state index contributed by atoms with van der Waals surface area (Å²) in [4.78, 5) is 10.6. The van der Waals surface area contributed by atoms with Crippen LogP contribution in [-0.2, 0) is 10.5 Å². The largest absolute Gasteiger partial charge is 0.496 e. The lowest BCUT2D eigenvalue weighted by Gasteiger charge is -2.12. The number of carbonyl (C=O) groups is 1. The van der Waals surface area contributed by atoms with E-state index in [9.17, 15) is 4.79 Å². The van der Waals surface area contributed by atoms with Crippen LogP contribution in [0, 0.1) is 0 Å². The van der Waals surface area contributed by atoms with Gasteiger partial charge >= 0.3 is 5.97 Å². The predicted molar refractivity (Wildman–Crippen MR) is 103 cm³/mol. The van der Waals surface area contributed by atoms with Gasteiger partial charge in [-0.05, 0) is 56.8 Å². The average Bonchev–Trinajstić information content (AvgIpc) is 2.51. The number of carboxylic acids is 1. The minimum atomic E-state index is -0.830. The Kier molecular flexibility index (Phi) is 8.56. The molecule has 0 radical (unpaired) electrons. The van der Waals surface area contributed by atoms with Gasteiger partial charge in [-0.15, -0.1) is 11.8 Å². The Labute approximate surface area is 152 Å². The van der Waals surface area contributed by atoms with Gasteiger partial charge in [0.05, 0.1) is 18.6 Å². The molecule has 132 valence electrons. The van der Waals surface area contributed by atoms with Gasteiger partial charge in [0.15, 0.2) is 5.11 Å². The van der Waals surface area contributed by atoms with Crippen molar-refractivity contribution < 1.29 is 14.6 Å². The topological polar surface area (TPSA) is 83.0 Å². The number of rotatable bonds is 8. The summed E-state index contributed by atoms with van der Waals surface area (Å²) in [5.74, 6) is 0.506. The summed E-state index contributed by atoms with van der Waals surface area (Å²) < 4.78 is 5.33. The number of thiocarbonyl (C=S) groups is 1. The molecule has 0 saturated heterocycles. The number of carboxylic acid groups (broad SMARTS) is 1. The summed E-state index contributed by atoms with van der Waals surface area (Å²) in [5, 5.41) is 16.5. The zero-order valence-corrected chi connectivity index (χ0v) is 15.9. The number of thioether (sulfide) groups is 1. The Balaban J connectivity index is 2.83. The molecule has 1 aromatic carbocycles. The van der Waals surface area contributed by atoms with Crippen LogP contribution in [0.25, 0.3) is 0 Å². The summed E-state index contributed by atoms with van der Waals surface area (Å²) in [6.07, 6.45) is 0. The van der Waals surface area contributed by atoms with E-state index in [1.807, 2.05) is 39.0 Å². The van der Waals surface area contributed by atoms with Crippen molar-refractivity contribution in [2.45, 2.75) is 32.6 Å². The third kappa shape index (κ3) is 7.18. The minimum Gasteiger partial charge on any atom is -0.496 e. The predicted octanol–water partition coefficient (Wildman–Crippen LogP) is 2.61. The third-order valence-corrected chi connectivity index (χ3v) is 4.10. The minimum absolute atomic E-state index is 0.0527. The Morgan fingerprint density at radius 1 is 1.46 bits per heavy atom. The fraction of sp³-hybridized carbons (Fsp3) is 0.438. The first-order valence-corrected chi connectivity index (χ1v) is 8.97. The van der Waals surface area contributed by atoms with Crippen molar-refractivity contribution in [1.29, 1.82) is 0 Å². The molecule has 0 unspecified atom stereocenters. The lowest BCUT2D eigenvalue weighted by atomic mass is 10.1. The SMILES string of the molecule is COc1ccc(/C(C)=N\NC(=S)NC(C)C)cc1CSCC(=O)O. The van der Waals surface area contributed by atoms with Crippen LogP contribution in [0.4, 0.5) is 0 Å². The number of hydrazone groups is 1. The van der Waals surface area contributed by atoms with Gasteiger partial charge in [0.25, 0.3) is 0 Å². The number of methoxy groups -OCH3 is 1. The van der Waals surface area contributed by atoms with E-state index in [1.165, 1.54) is 11.8 Å². The smallest absolute Gasteiger partial charge is 0.313 e. The maximum Gasteiger partial charge on any atom is 0.313 e. The van der Waals surface area contributed by atoms with Gasteiger partial charge in [-0.3, -0.25) is 10.2 Å². The van der Waals surface area contributed by atoms with Crippen LogP contribution in [0.2, 0.25) is 0 Å². The molecular weight excluding hydrogens is 346 g/mol. The molecule has 3 N–H and O–H groups in total. The Morgan fingerprint density at radius 2 is 2.17 bits per heavy atom. The van der Waals surface area contributed by atoms with Crippen LogP contribution < -0.4 is 15.5 Å². The van der Waals surface area contributed by atoms with Crippen LogP contribution in [0.5, 0.6) is 5.75 Å². The van der Waals surface area contributed by atoms with E-state index in [-0.39, 0.29) is 11.8 Å². The van der Waals surface area contributed by atoms with Gasteiger partial charge in [0, 0.05) is 17.4 Å². The molecule has 0 aliphatic heterocycles. The van der Waals surface area contributed by atoms with E-state index in [1.54, 1.807) is 7.11 Å². The molecule has 0 aromatic heterocycles. The molecule has 0 spiro atoms. The van der Waals surface area contributed by atoms with E-state index in [2.05, 4.69) is 15.8 Å². The molecule has 1 rings (SSSR count). The number of benzene rings is 1. The fourth-order valence-electron chi connectivity index (χ4n) is 1.86. The van der Waals surface area contributed by atoms with Crippen LogP contribution in [0.3, 0.4) is 0 Å². The maximum atomic E-state index is 10.6. The molecule has 0 aliphatic rings. The van der Waals surface area contributed by atoms with Crippen LogP contribution >= 0.6 is 24.0 Å². The van der Waals surface area contributed by atoms with Crippen LogP contribution in [-0.4, -0.2) is 40.8 Å². The van der Waals surface area contributed by atoms with Gasteiger partial charge in [0.2, 0.25) is 0 Å². The molecular formula is C16H23N3O3S2. The van der Waals surface area contributed by atoms with Crippen LogP contribution in [0.1, 0.15) is 31.9 Å². The number of nitrogens with zero attached hydrogens (tertiary/aromatic N) is 1. The molecule has 0 amide bonds. The van der Waals surface area contributed by atoms with Crippen molar-refractivity contribution in [3.63, 3.8) is 0 Å². The van der Waals surface area contributed by atoms with Crippen molar-refractivity contribution in [2.24, 2.45) is 5.10 Å². The van der Waals surface area contributed by atoms with E-state index in [4.69, 9.17) is 22.1 Å². The monoisotopic (exact) mass is 369 g/mol. The van der Waals surface area contributed by atoms with E-state index < -0.39 is 5.97 Å². The molecule has 24 heavy (non-hydrogen) atoms. The molecule has 0 heterocycles. The second-order valence-corrected chi connectivity index (χ2v) is 6.74. The highest BCUT2D eigenvalue weighted by Crippen LogP contribution is 2.24. The Morgan fingerprint density at radius 3 is 2.75 bits per heavy atom. The zero-order valence-electron chi connectivity index (χ0n) is 14.3. The Hall–Kier alpha value is -1.80. The first-order valence-electron chi connectivity index (χ1n) is 7.41. The van der Waals surface area contributed by atoms with Gasteiger partial charge in [-0.2, -0.15) is 5.10 Å². The van der Waals surface area contributed by atoms with Crippen molar-refractivity contribution in [1.82, 2.24) is 10.7 Å². The van der Waals surface area contributed by atoms with E-state index in [0.29, 0.717) is 10.9 Å². The number of hydrogen-bond donors (Lipinski definition) is 3. The molecule has 0 fully saturated rings. The summed E-state index contributed by atoms with van der Waals surface area (Å²) in [7, 11) is 1.60. The van der Waals surface area contributed by atoms with Gasteiger partial charge < -0.3 is 15.2 Å². The average molecular weight is 370 g/mol. The molecule has 0 bridgehead atoms. The highest BCUT2D eigenvalue weighted by Gasteiger charge is 2.08. The Bertz CT molecular complexity index is 619. The standard InChI is InChI=1S/C16H23N3O3S2/c1-10(2)17-16(23)19-18-11(3)12-5-6-14(22-4)13(7-12)8-24-9-15(20)21/h5-7,10H,8-9H2,1-4H3,(H,20,21)(H2,17,19,23)/b18-11-. The first-order chi connectivity index (χ1) is 11.3. The summed E-state index contributed by atoms with van der Waals surface area (Å²) in [6.45, 7) is 5.87. The number of nitrogens with one attached hydrogen (secondary N) is 2. The highest BCUT2D eigenvalue weighted by atomic mass is 32.2. The molecule has 1 aromatic rings. The summed E-state index contributed by atoms with van der Waals surface area (Å²) in [6, 6.07) is 5.95. The summed E-state index contributed by atoms with van der Waals surface area (Å²) >= 11 is 6.46. The quantitative estimate of drug-likeness (QED) is 0.369. The normalized spacial score (nSPS) is 11.3. The van der Waals surface area contributed by atoms with Crippen molar-refractivity contribution in [3.05, 3.63) is 29.3 Å². The molecule has 0 aliphatic carbocycles. The number of hydrogen-bond acceptors (Lipinski definition) is 5. The summed E-state index contributed by atoms with van der Waals surface area (Å²) in [5.41, 5.74) is 5.43. The highest BCUT2D eigenvalue weighted by molar-refractivity contribution is 7.99. The fourth-order valence-corrected chi connectivity index (χ4v) is 2.86. The lowest BCUT2D eigenvalue weighted by Crippen LogP contribution is -2.37. The zero-order chi connectivity index (χ0) is 18.1. The number of ether oxygens (including phenoxy) is 1. The maximum absolute atomic E-state index is 10.6. The van der Waals surface area contributed by atoms with Gasteiger partial charge in [0.1, 0.15) is 5.75 Å². The van der Waals surface area contributed by atoms with Gasteiger partial charge in [-0.1, -0.05) is 0 Å². The molecule has 6 nitrogen and oxygen atoms in total. The molecule has 0 atom stereocenters. The second kappa shape index (κ2) is 10.1. The van der Waals surface area contributed by atoms with Crippen molar-refractivity contribution in [3.8, 4) is 5.75 Å². The first kappa shape index (κ1) is 20.2. The molecule has 0 saturated carbocycles. The second-order valence-electron chi connectivity index (χ2n) is 5.35. The number of aliphatic carboxylic acids is 1. The van der Waals surface area contributed by atoms with E-state index >= 15 is 0 Å².